The zero-order chi connectivity index (χ0) is 13.6. The van der Waals surface area contributed by atoms with Crippen molar-refractivity contribution in [3.63, 3.8) is 0 Å². The highest BCUT2D eigenvalue weighted by Crippen LogP contribution is 2.33. The van der Waals surface area contributed by atoms with E-state index in [0.717, 1.165) is 12.0 Å². The second-order valence-electron chi connectivity index (χ2n) is 4.62. The van der Waals surface area contributed by atoms with Crippen LogP contribution in [0.1, 0.15) is 32.3 Å². The monoisotopic (exact) mass is 288 g/mol. The normalized spacial score (nSPS) is 15.3. The third-order valence-electron chi connectivity index (χ3n) is 3.65. The Bertz CT molecular complexity index is 450. The maximum atomic E-state index is 11.7. The average Bonchev–Trinajstić information content (AvgIpc) is 2.42. The van der Waals surface area contributed by atoms with Gasteiger partial charge in [0, 0.05) is 17.0 Å². The van der Waals surface area contributed by atoms with E-state index in [2.05, 4.69) is 6.92 Å². The topological polar surface area (TPSA) is 34.1 Å². The first-order valence-electron chi connectivity index (χ1n) is 6.31. The molecule has 0 heterocycles. The average molecular weight is 289 g/mol. The molecule has 0 aliphatic heterocycles. The highest BCUT2D eigenvalue weighted by atomic mass is 35.5. The van der Waals surface area contributed by atoms with Gasteiger partial charge < -0.3 is 0 Å². The molecule has 0 fully saturated rings. The summed E-state index contributed by atoms with van der Waals surface area (Å²) < 4.78 is 23.3. The Morgan fingerprint density at radius 2 is 1.78 bits per heavy atom. The van der Waals surface area contributed by atoms with Gasteiger partial charge in [0.05, 0.1) is 5.75 Å². The fourth-order valence-electron chi connectivity index (χ4n) is 2.05. The van der Waals surface area contributed by atoms with Crippen LogP contribution in [0.15, 0.2) is 30.3 Å². The highest BCUT2D eigenvalue weighted by molar-refractivity contribution is 7.91. The van der Waals surface area contributed by atoms with E-state index in [4.69, 9.17) is 11.6 Å². The maximum absolute atomic E-state index is 11.7. The molecule has 1 unspecified atom stereocenters. The largest absolute Gasteiger partial charge is 0.229 e. The van der Waals surface area contributed by atoms with Crippen LogP contribution >= 0.6 is 11.6 Å². The van der Waals surface area contributed by atoms with Gasteiger partial charge in [-0.25, -0.2) is 8.42 Å². The summed E-state index contributed by atoms with van der Waals surface area (Å²) in [7, 11) is -2.94. The Balaban J connectivity index is 2.95. The number of halogens is 1. The van der Waals surface area contributed by atoms with Gasteiger partial charge in [-0.1, -0.05) is 44.2 Å². The number of rotatable bonds is 7. The zero-order valence-electron chi connectivity index (χ0n) is 11.0. The summed E-state index contributed by atoms with van der Waals surface area (Å²) in [6.07, 6.45) is 1.44. The molecule has 0 spiro atoms. The molecule has 0 N–H and O–H groups in total. The number of hydrogen-bond donors (Lipinski definition) is 0. The fraction of sp³-hybridized carbons (Fsp3) is 0.571. The number of sulfone groups is 1. The van der Waals surface area contributed by atoms with Gasteiger partial charge in [-0.15, -0.1) is 11.6 Å². The minimum atomic E-state index is -2.94. The van der Waals surface area contributed by atoms with Crippen molar-refractivity contribution in [2.24, 2.45) is 0 Å². The van der Waals surface area contributed by atoms with E-state index in [1.807, 2.05) is 30.3 Å². The van der Waals surface area contributed by atoms with Crippen molar-refractivity contribution in [1.82, 2.24) is 0 Å². The van der Waals surface area contributed by atoms with Gasteiger partial charge in [0.15, 0.2) is 0 Å². The molecule has 0 bridgehead atoms. The lowest BCUT2D eigenvalue weighted by Crippen LogP contribution is -2.30. The van der Waals surface area contributed by atoms with E-state index in [1.165, 1.54) is 0 Å². The number of alkyl halides is 1. The molecule has 1 atom stereocenters. The minimum absolute atomic E-state index is 0.198. The predicted octanol–water partition coefficient (Wildman–Crippen LogP) is 3.40. The van der Waals surface area contributed by atoms with Crippen molar-refractivity contribution < 1.29 is 8.42 Å². The third-order valence-corrected chi connectivity index (χ3v) is 5.87. The molecule has 1 rings (SSSR count). The summed E-state index contributed by atoms with van der Waals surface area (Å²) >= 11 is 6.14. The van der Waals surface area contributed by atoms with Gasteiger partial charge in [-0.05, 0) is 18.4 Å². The molecule has 2 nitrogen and oxygen atoms in total. The fourth-order valence-corrected chi connectivity index (χ4v) is 3.52. The van der Waals surface area contributed by atoms with Gasteiger partial charge in [-0.3, -0.25) is 0 Å². The lowest BCUT2D eigenvalue weighted by atomic mass is 9.77. The van der Waals surface area contributed by atoms with Gasteiger partial charge in [-0.2, -0.15) is 0 Å². The second-order valence-corrected chi connectivity index (χ2v) is 7.36. The quantitative estimate of drug-likeness (QED) is 0.721. The second kappa shape index (κ2) is 6.58. The van der Waals surface area contributed by atoms with Crippen molar-refractivity contribution in [2.45, 2.75) is 32.1 Å². The van der Waals surface area contributed by atoms with E-state index < -0.39 is 9.84 Å². The summed E-state index contributed by atoms with van der Waals surface area (Å²) in [5, 5.41) is 0. The first-order valence-corrected chi connectivity index (χ1v) is 8.67. The summed E-state index contributed by atoms with van der Waals surface area (Å²) in [6.45, 7) is 3.75. The van der Waals surface area contributed by atoms with Crippen molar-refractivity contribution in [1.29, 1.82) is 0 Å². The van der Waals surface area contributed by atoms with Crippen LogP contribution in [0.5, 0.6) is 0 Å². The lowest BCUT2D eigenvalue weighted by Gasteiger charge is -2.31. The van der Waals surface area contributed by atoms with E-state index in [9.17, 15) is 8.42 Å². The summed E-state index contributed by atoms with van der Waals surface area (Å²) in [5.74, 6) is 0.857. The zero-order valence-corrected chi connectivity index (χ0v) is 12.6. The van der Waals surface area contributed by atoms with Crippen molar-refractivity contribution in [2.75, 3.05) is 17.4 Å². The summed E-state index contributed by atoms with van der Waals surface area (Å²) in [4.78, 5) is 0. The first-order chi connectivity index (χ1) is 8.49. The van der Waals surface area contributed by atoms with Crippen LogP contribution in [0.25, 0.3) is 0 Å². The standard InChI is InChI=1S/C14H21ClO2S/c1-3-14(12-15,10-11-18(16,17)4-2)13-8-6-5-7-9-13/h5-9H,3-4,10-12H2,1-2H3. The molecule has 0 saturated carbocycles. The van der Waals surface area contributed by atoms with Crippen LogP contribution in [0.4, 0.5) is 0 Å². The van der Waals surface area contributed by atoms with Crippen molar-refractivity contribution in [3.8, 4) is 0 Å². The Morgan fingerprint density at radius 1 is 1.17 bits per heavy atom. The molecule has 0 aromatic heterocycles. The molecule has 4 heteroatoms. The Labute approximate surface area is 115 Å². The molecular weight excluding hydrogens is 268 g/mol. The number of benzene rings is 1. The van der Waals surface area contributed by atoms with Gasteiger partial charge >= 0.3 is 0 Å². The van der Waals surface area contributed by atoms with Crippen LogP contribution < -0.4 is 0 Å². The van der Waals surface area contributed by atoms with Crippen LogP contribution in [0.3, 0.4) is 0 Å². The number of hydrogen-bond acceptors (Lipinski definition) is 2. The summed E-state index contributed by atoms with van der Waals surface area (Å²) in [5.41, 5.74) is 0.902. The smallest absolute Gasteiger partial charge is 0.150 e. The lowest BCUT2D eigenvalue weighted by molar-refractivity contribution is 0.443. The molecule has 102 valence electrons. The molecule has 0 amide bonds. The van der Waals surface area contributed by atoms with Crippen molar-refractivity contribution in [3.05, 3.63) is 35.9 Å². The highest BCUT2D eigenvalue weighted by Gasteiger charge is 2.30. The minimum Gasteiger partial charge on any atom is -0.229 e. The van der Waals surface area contributed by atoms with Crippen LogP contribution in [0.2, 0.25) is 0 Å². The predicted molar refractivity (Wildman–Crippen MR) is 78.1 cm³/mol. The molecule has 1 aromatic rings. The van der Waals surface area contributed by atoms with Crippen LogP contribution in [-0.2, 0) is 15.3 Å². The van der Waals surface area contributed by atoms with Gasteiger partial charge in [0.1, 0.15) is 9.84 Å². The molecule has 0 aliphatic carbocycles. The SMILES string of the molecule is CCC(CCl)(CCS(=O)(=O)CC)c1ccccc1. The molecular formula is C14H21ClO2S. The van der Waals surface area contributed by atoms with E-state index in [-0.39, 0.29) is 16.9 Å². The molecule has 0 radical (unpaired) electrons. The van der Waals surface area contributed by atoms with Crippen LogP contribution in [-0.4, -0.2) is 25.8 Å². The first kappa shape index (κ1) is 15.5. The Hall–Kier alpha value is -0.540. The molecule has 0 aliphatic rings. The Morgan fingerprint density at radius 3 is 2.22 bits per heavy atom. The molecule has 1 aromatic carbocycles. The van der Waals surface area contributed by atoms with Gasteiger partial charge in [0.2, 0.25) is 0 Å². The summed E-state index contributed by atoms with van der Waals surface area (Å²) in [6, 6.07) is 9.97. The third kappa shape index (κ3) is 3.72. The maximum Gasteiger partial charge on any atom is 0.150 e. The molecule has 18 heavy (non-hydrogen) atoms. The molecule has 0 saturated heterocycles. The van der Waals surface area contributed by atoms with Gasteiger partial charge in [0.25, 0.3) is 0 Å². The Kier molecular flexibility index (Phi) is 5.67. The van der Waals surface area contributed by atoms with E-state index >= 15 is 0 Å². The van der Waals surface area contributed by atoms with E-state index in [1.54, 1.807) is 6.92 Å². The van der Waals surface area contributed by atoms with Crippen LogP contribution in [0, 0.1) is 0 Å². The van der Waals surface area contributed by atoms with E-state index in [0.29, 0.717) is 12.3 Å². The van der Waals surface area contributed by atoms with Crippen molar-refractivity contribution >= 4 is 21.4 Å².